The molecule has 6 nitrogen and oxygen atoms in total. The van der Waals surface area contributed by atoms with Gasteiger partial charge < -0.3 is 14.6 Å². The van der Waals surface area contributed by atoms with Crippen LogP contribution in [0.4, 0.5) is 0 Å². The summed E-state index contributed by atoms with van der Waals surface area (Å²) in [6, 6.07) is 11.9. The van der Waals surface area contributed by atoms with Crippen molar-refractivity contribution < 1.29 is 19.4 Å². The summed E-state index contributed by atoms with van der Waals surface area (Å²) in [6.07, 6.45) is 1.44. The number of hydrazone groups is 1. The number of hydrogen-bond acceptors (Lipinski definition) is 5. The molecule has 0 bridgehead atoms. The third-order valence-corrected chi connectivity index (χ3v) is 3.19. The van der Waals surface area contributed by atoms with Crippen LogP contribution in [0.2, 0.25) is 0 Å². The molecule has 25 heavy (non-hydrogen) atoms. The highest BCUT2D eigenvalue weighted by atomic mass is 16.5. The molecule has 0 heterocycles. The minimum atomic E-state index is -0.354. The topological polar surface area (TPSA) is 80.2 Å². The average molecular weight is 342 g/mol. The van der Waals surface area contributed by atoms with E-state index in [4.69, 9.17) is 9.47 Å². The highest BCUT2D eigenvalue weighted by Gasteiger charge is 2.07. The molecule has 0 aliphatic rings. The second-order valence-corrected chi connectivity index (χ2v) is 5.52. The van der Waals surface area contributed by atoms with Crippen molar-refractivity contribution in [1.29, 1.82) is 0 Å². The minimum Gasteiger partial charge on any atom is -0.504 e. The Kier molecular flexibility index (Phi) is 6.39. The van der Waals surface area contributed by atoms with Gasteiger partial charge in [0.15, 0.2) is 11.5 Å². The van der Waals surface area contributed by atoms with E-state index in [9.17, 15) is 9.90 Å². The number of aromatic hydroxyl groups is 1. The highest BCUT2D eigenvalue weighted by Crippen LogP contribution is 2.28. The van der Waals surface area contributed by atoms with E-state index in [0.29, 0.717) is 29.2 Å². The third-order valence-electron chi connectivity index (χ3n) is 3.19. The molecule has 0 atom stereocenters. The molecule has 2 rings (SSSR count). The predicted molar refractivity (Wildman–Crippen MR) is 96.5 cm³/mol. The van der Waals surface area contributed by atoms with Crippen LogP contribution in [0, 0.1) is 0 Å². The van der Waals surface area contributed by atoms with Crippen LogP contribution in [0.15, 0.2) is 47.6 Å². The lowest BCUT2D eigenvalue weighted by atomic mass is 10.2. The number of nitrogens with one attached hydrogen (secondary N) is 1. The first-order chi connectivity index (χ1) is 12.0. The predicted octanol–water partition coefficient (Wildman–Crippen LogP) is 3.34. The number of para-hydroxylation sites is 1. The third kappa shape index (κ3) is 5.24. The molecule has 0 aromatic heterocycles. The summed E-state index contributed by atoms with van der Waals surface area (Å²) < 4.78 is 10.8. The van der Waals surface area contributed by atoms with Gasteiger partial charge in [0.2, 0.25) is 0 Å². The number of phenolic OH excluding ortho intramolecular Hbond substituents is 1. The van der Waals surface area contributed by atoms with Gasteiger partial charge in [0.25, 0.3) is 5.91 Å². The van der Waals surface area contributed by atoms with E-state index in [1.165, 1.54) is 6.21 Å². The first-order valence-electron chi connectivity index (χ1n) is 8.06. The van der Waals surface area contributed by atoms with Crippen LogP contribution in [0.3, 0.4) is 0 Å². The number of carbonyl (C=O) groups is 1. The van der Waals surface area contributed by atoms with Crippen molar-refractivity contribution in [3.8, 4) is 17.2 Å². The largest absolute Gasteiger partial charge is 0.504 e. The molecule has 0 unspecified atom stereocenters. The van der Waals surface area contributed by atoms with Gasteiger partial charge in [0.05, 0.1) is 18.9 Å². The first kappa shape index (κ1) is 18.3. The molecular formula is C19H22N2O4. The van der Waals surface area contributed by atoms with Crippen molar-refractivity contribution in [3.05, 3.63) is 53.6 Å². The normalized spacial score (nSPS) is 10.9. The van der Waals surface area contributed by atoms with Crippen LogP contribution in [0.1, 0.15) is 36.7 Å². The maximum Gasteiger partial charge on any atom is 0.271 e. The zero-order chi connectivity index (χ0) is 18.2. The van der Waals surface area contributed by atoms with Crippen LogP contribution < -0.4 is 14.9 Å². The molecule has 2 aromatic carbocycles. The smallest absolute Gasteiger partial charge is 0.271 e. The van der Waals surface area contributed by atoms with Gasteiger partial charge in [-0.3, -0.25) is 4.79 Å². The van der Waals surface area contributed by atoms with E-state index in [1.807, 2.05) is 20.8 Å². The Morgan fingerprint density at radius 1 is 1.24 bits per heavy atom. The molecule has 1 amide bonds. The summed E-state index contributed by atoms with van der Waals surface area (Å²) >= 11 is 0. The van der Waals surface area contributed by atoms with Gasteiger partial charge in [-0.25, -0.2) is 5.43 Å². The number of amides is 1. The zero-order valence-corrected chi connectivity index (χ0v) is 14.5. The van der Waals surface area contributed by atoms with Crippen LogP contribution in [-0.2, 0) is 0 Å². The fraction of sp³-hybridized carbons (Fsp3) is 0.263. The second kappa shape index (κ2) is 8.73. The highest BCUT2D eigenvalue weighted by molar-refractivity contribution is 5.95. The Balaban J connectivity index is 2.00. The average Bonchev–Trinajstić information content (AvgIpc) is 2.58. The molecule has 0 saturated heterocycles. The van der Waals surface area contributed by atoms with Crippen molar-refractivity contribution >= 4 is 12.1 Å². The van der Waals surface area contributed by atoms with Gasteiger partial charge in [-0.1, -0.05) is 6.07 Å². The van der Waals surface area contributed by atoms with E-state index in [1.54, 1.807) is 42.5 Å². The van der Waals surface area contributed by atoms with Gasteiger partial charge in [0.1, 0.15) is 5.75 Å². The summed E-state index contributed by atoms with van der Waals surface area (Å²) in [5.41, 5.74) is 3.33. The number of rotatable bonds is 7. The lowest BCUT2D eigenvalue weighted by Crippen LogP contribution is -2.17. The van der Waals surface area contributed by atoms with Gasteiger partial charge in [-0.05, 0) is 57.2 Å². The molecule has 0 aliphatic heterocycles. The summed E-state index contributed by atoms with van der Waals surface area (Å²) in [7, 11) is 0. The van der Waals surface area contributed by atoms with Crippen LogP contribution in [0.25, 0.3) is 0 Å². The zero-order valence-electron chi connectivity index (χ0n) is 14.5. The quantitative estimate of drug-likeness (QED) is 0.597. The van der Waals surface area contributed by atoms with Crippen molar-refractivity contribution in [2.75, 3.05) is 6.61 Å². The van der Waals surface area contributed by atoms with Crippen molar-refractivity contribution in [2.45, 2.75) is 26.9 Å². The molecule has 132 valence electrons. The molecule has 0 fully saturated rings. The van der Waals surface area contributed by atoms with Gasteiger partial charge in [-0.2, -0.15) is 5.10 Å². The number of ether oxygens (including phenoxy) is 2. The lowest BCUT2D eigenvalue weighted by molar-refractivity contribution is 0.0955. The Morgan fingerprint density at radius 2 is 1.96 bits per heavy atom. The summed E-state index contributed by atoms with van der Waals surface area (Å²) in [5.74, 6) is 0.705. The number of phenols is 1. The fourth-order valence-electron chi connectivity index (χ4n) is 2.10. The molecule has 0 saturated carbocycles. The Hall–Kier alpha value is -3.02. The van der Waals surface area contributed by atoms with E-state index in [-0.39, 0.29) is 17.8 Å². The molecule has 2 aromatic rings. The Bertz CT molecular complexity index is 740. The lowest BCUT2D eigenvalue weighted by Gasteiger charge is -2.09. The standard InChI is InChI=1S/C19H22N2O4/c1-4-24-17-7-5-6-15(18(17)22)12-20-21-19(23)14-8-10-16(11-9-14)25-13(2)3/h5-13,22H,4H2,1-3H3,(H,21,23)/b20-12+. The van der Waals surface area contributed by atoms with Crippen LogP contribution in [-0.4, -0.2) is 29.9 Å². The van der Waals surface area contributed by atoms with Crippen molar-refractivity contribution in [3.63, 3.8) is 0 Å². The summed E-state index contributed by atoms with van der Waals surface area (Å²) in [5, 5.41) is 13.9. The second-order valence-electron chi connectivity index (χ2n) is 5.52. The maximum absolute atomic E-state index is 12.1. The monoisotopic (exact) mass is 342 g/mol. The first-order valence-corrected chi connectivity index (χ1v) is 8.06. The van der Waals surface area contributed by atoms with Crippen molar-refractivity contribution in [1.82, 2.24) is 5.43 Å². The fourth-order valence-corrected chi connectivity index (χ4v) is 2.10. The van der Waals surface area contributed by atoms with Crippen LogP contribution >= 0.6 is 0 Å². The van der Waals surface area contributed by atoms with E-state index in [0.717, 1.165) is 0 Å². The number of hydrogen-bond donors (Lipinski definition) is 2. The maximum atomic E-state index is 12.1. The van der Waals surface area contributed by atoms with Crippen LogP contribution in [0.5, 0.6) is 17.2 Å². The number of benzene rings is 2. The summed E-state index contributed by atoms with van der Waals surface area (Å²) in [6.45, 7) is 6.15. The SMILES string of the molecule is CCOc1cccc(/C=N/NC(=O)c2ccc(OC(C)C)cc2)c1O. The molecule has 6 heteroatoms. The van der Waals surface area contributed by atoms with Gasteiger partial charge in [-0.15, -0.1) is 0 Å². The summed E-state index contributed by atoms with van der Waals surface area (Å²) in [4.78, 5) is 12.1. The molecule has 0 spiro atoms. The molecule has 0 aliphatic carbocycles. The van der Waals surface area contributed by atoms with Gasteiger partial charge >= 0.3 is 0 Å². The Morgan fingerprint density at radius 3 is 2.60 bits per heavy atom. The van der Waals surface area contributed by atoms with Crippen molar-refractivity contribution in [2.24, 2.45) is 5.10 Å². The number of carbonyl (C=O) groups excluding carboxylic acids is 1. The van der Waals surface area contributed by atoms with Gasteiger partial charge in [0, 0.05) is 11.1 Å². The molecule has 0 radical (unpaired) electrons. The van der Waals surface area contributed by atoms with E-state index in [2.05, 4.69) is 10.5 Å². The minimum absolute atomic E-state index is 0.0162. The molecular weight excluding hydrogens is 320 g/mol. The number of nitrogens with zero attached hydrogens (tertiary/aromatic N) is 1. The molecule has 2 N–H and O–H groups in total. The van der Waals surface area contributed by atoms with E-state index < -0.39 is 0 Å². The van der Waals surface area contributed by atoms with E-state index >= 15 is 0 Å². The Labute approximate surface area is 147 Å².